The summed E-state index contributed by atoms with van der Waals surface area (Å²) in [5.41, 5.74) is 0.711. The van der Waals surface area contributed by atoms with Crippen LogP contribution >= 0.6 is 0 Å². The van der Waals surface area contributed by atoms with Gasteiger partial charge in [-0.15, -0.1) is 0 Å². The van der Waals surface area contributed by atoms with Crippen LogP contribution in [-0.4, -0.2) is 36.8 Å². The Bertz CT molecular complexity index is 646. The molecule has 0 aliphatic heterocycles. The number of nitrogens with one attached hydrogen (secondary N) is 1. The van der Waals surface area contributed by atoms with Gasteiger partial charge in [0.25, 0.3) is 0 Å². The molecule has 0 aliphatic carbocycles. The van der Waals surface area contributed by atoms with Gasteiger partial charge in [-0.25, -0.2) is 19.9 Å². The predicted molar refractivity (Wildman–Crippen MR) is 61.8 cm³/mol. The summed E-state index contributed by atoms with van der Waals surface area (Å²) in [6.45, 7) is 0. The maximum Gasteiger partial charge on any atom is 0.170 e. The third-order valence-electron chi connectivity index (χ3n) is 2.39. The van der Waals surface area contributed by atoms with Gasteiger partial charge in [0, 0.05) is 19.3 Å². The Morgan fingerprint density at radius 1 is 1.18 bits per heavy atom. The van der Waals surface area contributed by atoms with E-state index in [1.165, 1.54) is 12.7 Å². The van der Waals surface area contributed by atoms with Gasteiger partial charge in [0.05, 0.1) is 11.6 Å². The van der Waals surface area contributed by atoms with E-state index in [-0.39, 0.29) is 0 Å². The number of aromatic nitrogens is 6. The Kier molecular flexibility index (Phi) is 2.14. The highest BCUT2D eigenvalue weighted by atomic mass is 15.3. The van der Waals surface area contributed by atoms with Gasteiger partial charge in [0.2, 0.25) is 0 Å². The van der Waals surface area contributed by atoms with Gasteiger partial charge in [0.1, 0.15) is 18.5 Å². The molecule has 0 aliphatic rings. The van der Waals surface area contributed by atoms with Gasteiger partial charge in [-0.3, -0.25) is 0 Å². The summed E-state index contributed by atoms with van der Waals surface area (Å²) in [7, 11) is 1.81. The zero-order valence-corrected chi connectivity index (χ0v) is 9.07. The molecular formula is C10H9N7. The highest BCUT2D eigenvalue weighted by Crippen LogP contribution is 2.19. The Balaban J connectivity index is 2.26. The van der Waals surface area contributed by atoms with Crippen LogP contribution in [0.5, 0.6) is 0 Å². The second-order valence-corrected chi connectivity index (χ2v) is 3.33. The second-order valence-electron chi connectivity index (χ2n) is 3.33. The molecule has 0 radical (unpaired) electrons. The lowest BCUT2D eigenvalue weighted by molar-refractivity contribution is 0.853. The van der Waals surface area contributed by atoms with Crippen LogP contribution in [0.2, 0.25) is 0 Å². The van der Waals surface area contributed by atoms with Crippen molar-refractivity contribution in [1.82, 2.24) is 29.7 Å². The fourth-order valence-electron chi connectivity index (χ4n) is 1.62. The maximum absolute atomic E-state index is 4.26. The van der Waals surface area contributed by atoms with Gasteiger partial charge < -0.3 is 5.32 Å². The normalized spacial score (nSPS) is 10.6. The molecule has 3 aromatic rings. The lowest BCUT2D eigenvalue weighted by Gasteiger charge is -2.02. The molecule has 0 bridgehead atoms. The van der Waals surface area contributed by atoms with Gasteiger partial charge >= 0.3 is 0 Å². The van der Waals surface area contributed by atoms with Crippen LogP contribution in [0.25, 0.3) is 16.9 Å². The van der Waals surface area contributed by atoms with Gasteiger partial charge in [-0.05, 0) is 0 Å². The summed E-state index contributed by atoms with van der Waals surface area (Å²) in [6, 6.07) is 1.77. The van der Waals surface area contributed by atoms with Crippen molar-refractivity contribution in [2.75, 3.05) is 12.4 Å². The van der Waals surface area contributed by atoms with Crippen LogP contribution in [0.1, 0.15) is 0 Å². The molecule has 0 aromatic carbocycles. The zero-order valence-electron chi connectivity index (χ0n) is 9.07. The summed E-state index contributed by atoms with van der Waals surface area (Å²) >= 11 is 0. The first-order valence-electron chi connectivity index (χ1n) is 5.03. The smallest absolute Gasteiger partial charge is 0.170 e. The van der Waals surface area contributed by atoms with E-state index >= 15 is 0 Å². The number of hydrogen-bond donors (Lipinski definition) is 1. The van der Waals surface area contributed by atoms with Crippen molar-refractivity contribution in [3.05, 3.63) is 31.1 Å². The van der Waals surface area contributed by atoms with E-state index in [9.17, 15) is 0 Å². The van der Waals surface area contributed by atoms with E-state index in [0.29, 0.717) is 11.5 Å². The second kappa shape index (κ2) is 3.78. The third kappa shape index (κ3) is 1.48. The van der Waals surface area contributed by atoms with E-state index in [0.717, 1.165) is 11.2 Å². The first kappa shape index (κ1) is 9.64. The molecule has 0 saturated heterocycles. The molecule has 0 fully saturated rings. The van der Waals surface area contributed by atoms with Crippen molar-refractivity contribution < 1.29 is 0 Å². The zero-order chi connectivity index (χ0) is 11.7. The first-order valence-corrected chi connectivity index (χ1v) is 5.03. The van der Waals surface area contributed by atoms with E-state index in [4.69, 9.17) is 0 Å². The van der Waals surface area contributed by atoms with E-state index < -0.39 is 0 Å². The molecule has 0 atom stereocenters. The molecule has 0 spiro atoms. The molecule has 1 N–H and O–H groups in total. The molecule has 3 aromatic heterocycles. The van der Waals surface area contributed by atoms with Crippen molar-refractivity contribution in [1.29, 1.82) is 0 Å². The molecule has 3 heterocycles. The molecule has 0 amide bonds. The fraction of sp³-hybridized carbons (Fsp3) is 0.100. The molecule has 7 heteroatoms. The molecule has 0 unspecified atom stereocenters. The molecule has 3 rings (SSSR count). The molecule has 84 valence electrons. The summed E-state index contributed by atoms with van der Waals surface area (Å²) < 4.78 is 1.65. The van der Waals surface area contributed by atoms with Crippen molar-refractivity contribution in [3.63, 3.8) is 0 Å². The Morgan fingerprint density at radius 3 is 2.88 bits per heavy atom. The standard InChI is InChI=1S/C10H9N7/c1-11-9-7-4-16-17(10(7)15-6-14-9)8-2-3-12-5-13-8/h2-6H,1H3,(H,11,14,15). The Morgan fingerprint density at radius 2 is 2.12 bits per heavy atom. The SMILES string of the molecule is CNc1ncnc2c1cnn2-c1ccncn1. The van der Waals surface area contributed by atoms with Crippen molar-refractivity contribution in [3.8, 4) is 5.82 Å². The molecular weight excluding hydrogens is 218 g/mol. The van der Waals surface area contributed by atoms with E-state index in [2.05, 4.69) is 30.4 Å². The molecule has 17 heavy (non-hydrogen) atoms. The van der Waals surface area contributed by atoms with Crippen LogP contribution < -0.4 is 5.32 Å². The van der Waals surface area contributed by atoms with Crippen LogP contribution in [0, 0.1) is 0 Å². The average molecular weight is 227 g/mol. The Labute approximate surface area is 96.6 Å². The average Bonchev–Trinajstić information content (AvgIpc) is 2.83. The minimum Gasteiger partial charge on any atom is -0.372 e. The summed E-state index contributed by atoms with van der Waals surface area (Å²) in [5, 5.41) is 8.11. The minimum absolute atomic E-state index is 0.677. The van der Waals surface area contributed by atoms with Crippen molar-refractivity contribution in [2.45, 2.75) is 0 Å². The topological polar surface area (TPSA) is 81.4 Å². The first-order chi connectivity index (χ1) is 8.40. The van der Waals surface area contributed by atoms with Gasteiger partial charge in [-0.1, -0.05) is 0 Å². The van der Waals surface area contributed by atoms with Crippen molar-refractivity contribution >= 4 is 16.9 Å². The predicted octanol–water partition coefficient (Wildman–Crippen LogP) is 0.647. The summed E-state index contributed by atoms with van der Waals surface area (Å²) in [5.74, 6) is 1.42. The van der Waals surface area contributed by atoms with Crippen LogP contribution in [0.4, 0.5) is 5.82 Å². The van der Waals surface area contributed by atoms with Gasteiger partial charge in [0.15, 0.2) is 11.5 Å². The monoisotopic (exact) mass is 227 g/mol. The highest BCUT2D eigenvalue weighted by Gasteiger charge is 2.10. The van der Waals surface area contributed by atoms with Crippen LogP contribution in [0.15, 0.2) is 31.1 Å². The number of anilines is 1. The van der Waals surface area contributed by atoms with Crippen LogP contribution in [0.3, 0.4) is 0 Å². The number of hydrogen-bond acceptors (Lipinski definition) is 6. The number of fused-ring (bicyclic) bond motifs is 1. The fourth-order valence-corrected chi connectivity index (χ4v) is 1.62. The highest BCUT2D eigenvalue weighted by molar-refractivity contribution is 5.86. The molecule has 0 saturated carbocycles. The van der Waals surface area contributed by atoms with Crippen molar-refractivity contribution in [2.24, 2.45) is 0 Å². The lowest BCUT2D eigenvalue weighted by atomic mass is 10.4. The molecule has 7 nitrogen and oxygen atoms in total. The third-order valence-corrected chi connectivity index (χ3v) is 2.39. The minimum atomic E-state index is 0.677. The Hall–Kier alpha value is -2.57. The summed E-state index contributed by atoms with van der Waals surface area (Å²) in [6.07, 6.45) is 6.34. The summed E-state index contributed by atoms with van der Waals surface area (Å²) in [4.78, 5) is 16.3. The lowest BCUT2D eigenvalue weighted by Crippen LogP contribution is -2.01. The van der Waals surface area contributed by atoms with E-state index in [1.807, 2.05) is 7.05 Å². The van der Waals surface area contributed by atoms with Gasteiger partial charge in [-0.2, -0.15) is 9.78 Å². The number of nitrogens with zero attached hydrogens (tertiary/aromatic N) is 6. The number of rotatable bonds is 2. The quantitative estimate of drug-likeness (QED) is 0.692. The van der Waals surface area contributed by atoms with Crippen LogP contribution in [-0.2, 0) is 0 Å². The largest absolute Gasteiger partial charge is 0.372 e. The van der Waals surface area contributed by atoms with E-state index in [1.54, 1.807) is 23.1 Å². The maximum atomic E-state index is 4.26.